The summed E-state index contributed by atoms with van der Waals surface area (Å²) in [5, 5.41) is 8.28. The summed E-state index contributed by atoms with van der Waals surface area (Å²) < 4.78 is 17.8. The SMILES string of the molecule is O=C(O)[C@@H](F)C[C@H]1CCCCO1. The number of carboxylic acids is 1. The van der Waals surface area contributed by atoms with Crippen LogP contribution in [0.5, 0.6) is 0 Å². The van der Waals surface area contributed by atoms with Crippen molar-refractivity contribution >= 4 is 5.97 Å². The zero-order valence-corrected chi connectivity index (χ0v) is 6.83. The highest BCUT2D eigenvalue weighted by molar-refractivity contribution is 5.72. The predicted molar refractivity (Wildman–Crippen MR) is 40.7 cm³/mol. The van der Waals surface area contributed by atoms with Crippen LogP contribution in [0.25, 0.3) is 0 Å². The summed E-state index contributed by atoms with van der Waals surface area (Å²) in [6.07, 6.45) is 0.832. The lowest BCUT2D eigenvalue weighted by molar-refractivity contribution is -0.144. The summed E-state index contributed by atoms with van der Waals surface area (Å²) in [6, 6.07) is 0. The molecule has 1 aliphatic rings. The van der Waals surface area contributed by atoms with Gasteiger partial charge in [0, 0.05) is 13.0 Å². The summed E-state index contributed by atoms with van der Waals surface area (Å²) in [4.78, 5) is 10.1. The molecule has 70 valence electrons. The van der Waals surface area contributed by atoms with Gasteiger partial charge in [0.05, 0.1) is 6.10 Å². The molecule has 0 aliphatic carbocycles. The Kier molecular flexibility index (Phi) is 3.47. The van der Waals surface area contributed by atoms with Gasteiger partial charge in [-0.25, -0.2) is 9.18 Å². The maximum atomic E-state index is 12.6. The molecule has 3 nitrogen and oxygen atoms in total. The van der Waals surface area contributed by atoms with E-state index in [-0.39, 0.29) is 12.5 Å². The lowest BCUT2D eigenvalue weighted by Crippen LogP contribution is -2.26. The summed E-state index contributed by atoms with van der Waals surface area (Å²) in [5.41, 5.74) is 0. The topological polar surface area (TPSA) is 46.5 Å². The van der Waals surface area contributed by atoms with Crippen LogP contribution in [0.15, 0.2) is 0 Å². The van der Waals surface area contributed by atoms with Crippen LogP contribution < -0.4 is 0 Å². The number of hydrogen-bond acceptors (Lipinski definition) is 2. The molecule has 1 fully saturated rings. The van der Waals surface area contributed by atoms with E-state index >= 15 is 0 Å². The van der Waals surface area contributed by atoms with Gasteiger partial charge in [0.15, 0.2) is 6.17 Å². The van der Waals surface area contributed by atoms with Gasteiger partial charge in [-0.2, -0.15) is 0 Å². The van der Waals surface area contributed by atoms with Crippen LogP contribution >= 0.6 is 0 Å². The second-order valence-electron chi connectivity index (χ2n) is 3.03. The number of halogens is 1. The van der Waals surface area contributed by atoms with Gasteiger partial charge in [0.25, 0.3) is 0 Å². The van der Waals surface area contributed by atoms with Crippen LogP contribution in [0.4, 0.5) is 4.39 Å². The van der Waals surface area contributed by atoms with Gasteiger partial charge in [-0.05, 0) is 19.3 Å². The first kappa shape index (κ1) is 9.45. The van der Waals surface area contributed by atoms with Gasteiger partial charge < -0.3 is 9.84 Å². The van der Waals surface area contributed by atoms with Crippen LogP contribution in [0.3, 0.4) is 0 Å². The Labute approximate surface area is 70.5 Å². The molecule has 1 heterocycles. The first-order chi connectivity index (χ1) is 5.70. The molecule has 0 aromatic rings. The van der Waals surface area contributed by atoms with E-state index in [0.717, 1.165) is 19.3 Å². The molecule has 0 saturated carbocycles. The summed E-state index contributed by atoms with van der Waals surface area (Å²) in [5.74, 6) is -1.39. The smallest absolute Gasteiger partial charge is 0.338 e. The predicted octanol–water partition coefficient (Wildman–Crippen LogP) is 1.37. The fraction of sp³-hybridized carbons (Fsp3) is 0.875. The lowest BCUT2D eigenvalue weighted by Gasteiger charge is -2.22. The van der Waals surface area contributed by atoms with Crippen LogP contribution in [-0.4, -0.2) is 30.0 Å². The standard InChI is InChI=1S/C8H13FO3/c9-7(8(10)11)5-6-3-1-2-4-12-6/h6-7H,1-5H2,(H,10,11)/t6-,7+/m1/s1. The highest BCUT2D eigenvalue weighted by Gasteiger charge is 2.23. The zero-order valence-electron chi connectivity index (χ0n) is 6.83. The van der Waals surface area contributed by atoms with Gasteiger partial charge in [0.2, 0.25) is 0 Å². The molecule has 0 aromatic carbocycles. The van der Waals surface area contributed by atoms with E-state index in [1.807, 2.05) is 0 Å². The first-order valence-corrected chi connectivity index (χ1v) is 4.18. The maximum Gasteiger partial charge on any atom is 0.338 e. The number of carbonyl (C=O) groups is 1. The quantitative estimate of drug-likeness (QED) is 0.706. The van der Waals surface area contributed by atoms with E-state index in [1.165, 1.54) is 0 Å². The number of ether oxygens (including phenoxy) is 1. The molecule has 1 rings (SSSR count). The average Bonchev–Trinajstić information content (AvgIpc) is 2.06. The molecule has 0 amide bonds. The Balaban J connectivity index is 2.24. The Hall–Kier alpha value is -0.640. The van der Waals surface area contributed by atoms with E-state index in [0.29, 0.717) is 6.61 Å². The van der Waals surface area contributed by atoms with Crippen LogP contribution in [0.1, 0.15) is 25.7 Å². The second-order valence-corrected chi connectivity index (χ2v) is 3.03. The number of hydrogen-bond donors (Lipinski definition) is 1. The minimum atomic E-state index is -1.77. The third-order valence-corrected chi connectivity index (χ3v) is 2.01. The molecule has 0 bridgehead atoms. The molecule has 0 aromatic heterocycles. The van der Waals surface area contributed by atoms with Crippen molar-refractivity contribution in [1.82, 2.24) is 0 Å². The molecular formula is C8H13FO3. The van der Waals surface area contributed by atoms with Crippen molar-refractivity contribution in [3.05, 3.63) is 0 Å². The minimum Gasteiger partial charge on any atom is -0.479 e. The lowest BCUT2D eigenvalue weighted by atomic mass is 10.0. The average molecular weight is 176 g/mol. The van der Waals surface area contributed by atoms with Crippen molar-refractivity contribution in [3.8, 4) is 0 Å². The van der Waals surface area contributed by atoms with Gasteiger partial charge in [-0.15, -0.1) is 0 Å². The van der Waals surface area contributed by atoms with E-state index in [4.69, 9.17) is 9.84 Å². The van der Waals surface area contributed by atoms with E-state index < -0.39 is 12.1 Å². The van der Waals surface area contributed by atoms with Gasteiger partial charge in [-0.3, -0.25) is 0 Å². The Morgan fingerprint density at radius 3 is 2.92 bits per heavy atom. The molecule has 0 spiro atoms. The van der Waals surface area contributed by atoms with Crippen molar-refractivity contribution in [2.24, 2.45) is 0 Å². The molecule has 2 atom stereocenters. The van der Waals surface area contributed by atoms with E-state index in [2.05, 4.69) is 0 Å². The Morgan fingerprint density at radius 1 is 1.67 bits per heavy atom. The van der Waals surface area contributed by atoms with Gasteiger partial charge in [-0.1, -0.05) is 0 Å². The number of aliphatic carboxylic acids is 1. The van der Waals surface area contributed by atoms with Crippen molar-refractivity contribution in [2.45, 2.75) is 38.0 Å². The molecule has 0 unspecified atom stereocenters. The highest BCUT2D eigenvalue weighted by Crippen LogP contribution is 2.18. The molecule has 1 saturated heterocycles. The highest BCUT2D eigenvalue weighted by atomic mass is 19.1. The third-order valence-electron chi connectivity index (χ3n) is 2.01. The molecule has 12 heavy (non-hydrogen) atoms. The van der Waals surface area contributed by atoms with Crippen molar-refractivity contribution < 1.29 is 19.0 Å². The third kappa shape index (κ3) is 2.77. The molecule has 4 heteroatoms. The first-order valence-electron chi connectivity index (χ1n) is 4.18. The van der Waals surface area contributed by atoms with Crippen molar-refractivity contribution in [3.63, 3.8) is 0 Å². The molecule has 1 N–H and O–H groups in total. The zero-order chi connectivity index (χ0) is 8.97. The van der Waals surface area contributed by atoms with Crippen LogP contribution in [-0.2, 0) is 9.53 Å². The van der Waals surface area contributed by atoms with E-state index in [1.54, 1.807) is 0 Å². The van der Waals surface area contributed by atoms with Crippen molar-refractivity contribution in [1.29, 1.82) is 0 Å². The number of rotatable bonds is 3. The Bertz CT molecular complexity index is 154. The summed E-state index contributed by atoms with van der Waals surface area (Å²) >= 11 is 0. The summed E-state index contributed by atoms with van der Waals surface area (Å²) in [6.45, 7) is 0.636. The maximum absolute atomic E-state index is 12.6. The fourth-order valence-corrected chi connectivity index (χ4v) is 1.32. The molecule has 0 radical (unpaired) electrons. The second kappa shape index (κ2) is 4.40. The van der Waals surface area contributed by atoms with Crippen molar-refractivity contribution in [2.75, 3.05) is 6.61 Å². The monoisotopic (exact) mass is 176 g/mol. The normalized spacial score (nSPS) is 26.6. The van der Waals surface area contributed by atoms with Crippen LogP contribution in [0.2, 0.25) is 0 Å². The summed E-state index contributed by atoms with van der Waals surface area (Å²) in [7, 11) is 0. The molecular weight excluding hydrogens is 163 g/mol. The van der Waals surface area contributed by atoms with Gasteiger partial charge in [0.1, 0.15) is 0 Å². The Morgan fingerprint density at radius 2 is 2.42 bits per heavy atom. The van der Waals surface area contributed by atoms with E-state index in [9.17, 15) is 9.18 Å². The molecule has 1 aliphatic heterocycles. The van der Waals surface area contributed by atoms with Crippen LogP contribution in [0, 0.1) is 0 Å². The number of carboxylic acid groups (broad SMARTS) is 1. The largest absolute Gasteiger partial charge is 0.479 e. The fourth-order valence-electron chi connectivity index (χ4n) is 1.32. The minimum absolute atomic E-state index is 0.00463. The number of alkyl halides is 1. The van der Waals surface area contributed by atoms with Gasteiger partial charge >= 0.3 is 5.97 Å².